The molecule has 1 aromatic carbocycles. The molecule has 0 atom stereocenters. The highest BCUT2D eigenvalue weighted by molar-refractivity contribution is 7.25. The van der Waals surface area contributed by atoms with Gasteiger partial charge in [0, 0.05) is 12.1 Å². The summed E-state index contributed by atoms with van der Waals surface area (Å²) in [6.45, 7) is 4.24. The number of hydrogen-bond donors (Lipinski definition) is 1. The Bertz CT molecular complexity index is 1220. The van der Waals surface area contributed by atoms with E-state index in [4.69, 9.17) is 9.72 Å². The maximum Gasteiger partial charge on any atom is 0.279 e. The number of benzene rings is 1. The average Bonchev–Trinajstić information content (AvgIpc) is 3.43. The minimum absolute atomic E-state index is 0.752. The Kier molecular flexibility index (Phi) is 4.50. The van der Waals surface area contributed by atoms with Gasteiger partial charge in [-0.3, -0.25) is 4.90 Å². The van der Waals surface area contributed by atoms with Crippen molar-refractivity contribution in [3.05, 3.63) is 53.3 Å². The van der Waals surface area contributed by atoms with Crippen LogP contribution in [0.5, 0.6) is 0 Å². The number of aromatic amines is 1. The SMILES string of the molecule is c1ccc(CNc2ncnc3c2sc2[nH+]c(N4CCOCC4)c4c(c23)CCC4)cc1. The molecular weight excluding hydrogens is 394 g/mol. The van der Waals surface area contributed by atoms with Crippen LogP contribution in [-0.2, 0) is 24.1 Å². The number of rotatable bonds is 4. The number of nitrogens with zero attached hydrogens (tertiary/aromatic N) is 3. The number of pyridine rings is 1. The van der Waals surface area contributed by atoms with E-state index in [1.807, 2.05) is 6.07 Å². The quantitative estimate of drug-likeness (QED) is 0.549. The van der Waals surface area contributed by atoms with Gasteiger partial charge in [-0.2, -0.15) is 0 Å². The first kappa shape index (κ1) is 18.0. The molecule has 1 fully saturated rings. The zero-order valence-electron chi connectivity index (χ0n) is 16.8. The number of hydrogen-bond acceptors (Lipinski definition) is 6. The third-order valence-corrected chi connectivity index (χ3v) is 7.24. The Hall–Kier alpha value is -2.77. The lowest BCUT2D eigenvalue weighted by molar-refractivity contribution is -0.328. The van der Waals surface area contributed by atoms with E-state index in [1.54, 1.807) is 17.7 Å². The van der Waals surface area contributed by atoms with E-state index in [-0.39, 0.29) is 0 Å². The molecule has 0 unspecified atom stereocenters. The molecule has 30 heavy (non-hydrogen) atoms. The molecule has 0 saturated carbocycles. The third-order valence-electron chi connectivity index (χ3n) is 6.14. The summed E-state index contributed by atoms with van der Waals surface area (Å²) in [7, 11) is 0. The third kappa shape index (κ3) is 3.00. The molecule has 1 aliphatic carbocycles. The summed E-state index contributed by atoms with van der Waals surface area (Å²) in [6, 6.07) is 10.4. The average molecular weight is 419 g/mol. The summed E-state index contributed by atoms with van der Waals surface area (Å²) >= 11 is 1.77. The number of morpholine rings is 1. The van der Waals surface area contributed by atoms with Crippen LogP contribution in [0.3, 0.4) is 0 Å². The van der Waals surface area contributed by atoms with E-state index < -0.39 is 0 Å². The molecule has 2 aliphatic rings. The first-order chi connectivity index (χ1) is 14.9. The van der Waals surface area contributed by atoms with Crippen molar-refractivity contribution >= 4 is 43.4 Å². The summed E-state index contributed by atoms with van der Waals surface area (Å²) in [5.41, 5.74) is 5.27. The molecule has 3 aromatic heterocycles. The van der Waals surface area contributed by atoms with Crippen molar-refractivity contribution in [2.24, 2.45) is 0 Å². The Labute approximate surface area is 178 Å². The second kappa shape index (κ2) is 7.49. The van der Waals surface area contributed by atoms with Gasteiger partial charge in [0.05, 0.1) is 24.1 Å². The van der Waals surface area contributed by atoms with Crippen LogP contribution in [0.4, 0.5) is 11.6 Å². The summed E-state index contributed by atoms with van der Waals surface area (Å²) in [6.07, 6.45) is 5.16. The zero-order chi connectivity index (χ0) is 19.9. The fourth-order valence-electron chi connectivity index (χ4n) is 4.71. The number of aryl methyl sites for hydroxylation is 1. The van der Waals surface area contributed by atoms with Crippen LogP contribution in [0.1, 0.15) is 23.1 Å². The standard InChI is InChI=1S/C23H23N5OS/c1-2-5-15(6-3-1)13-24-21-20-19(25-14-26-21)18-16-7-4-8-17(16)22(27-23(18)30-20)28-9-11-29-12-10-28/h1-3,5-6,14H,4,7-13H2,(H,24,25,26)/p+1. The molecule has 2 N–H and O–H groups in total. The summed E-state index contributed by atoms with van der Waals surface area (Å²) < 4.78 is 6.71. The molecule has 6 nitrogen and oxygen atoms in total. The summed E-state index contributed by atoms with van der Waals surface area (Å²) in [5, 5.41) is 4.83. The first-order valence-electron chi connectivity index (χ1n) is 10.6. The minimum atomic E-state index is 0.752. The predicted molar refractivity (Wildman–Crippen MR) is 120 cm³/mol. The van der Waals surface area contributed by atoms with E-state index in [1.165, 1.54) is 39.1 Å². The zero-order valence-corrected chi connectivity index (χ0v) is 17.6. The summed E-state index contributed by atoms with van der Waals surface area (Å²) in [4.78, 5) is 16.7. The molecule has 0 spiro atoms. The minimum Gasteiger partial charge on any atom is -0.373 e. The van der Waals surface area contributed by atoms with E-state index in [2.05, 4.69) is 44.5 Å². The Morgan fingerprint density at radius 2 is 1.90 bits per heavy atom. The highest BCUT2D eigenvalue weighted by atomic mass is 32.1. The van der Waals surface area contributed by atoms with Gasteiger partial charge < -0.3 is 10.1 Å². The van der Waals surface area contributed by atoms with Crippen molar-refractivity contribution in [2.75, 3.05) is 36.5 Å². The fraction of sp³-hybridized carbons (Fsp3) is 0.348. The van der Waals surface area contributed by atoms with Crippen molar-refractivity contribution in [3.8, 4) is 0 Å². The second-order valence-electron chi connectivity index (χ2n) is 7.93. The van der Waals surface area contributed by atoms with Crippen LogP contribution >= 0.6 is 11.3 Å². The van der Waals surface area contributed by atoms with Gasteiger partial charge in [0.2, 0.25) is 0 Å². The number of anilines is 2. The van der Waals surface area contributed by atoms with E-state index in [9.17, 15) is 0 Å². The number of aromatic nitrogens is 3. The molecule has 4 heterocycles. The molecule has 1 saturated heterocycles. The number of ether oxygens (including phenoxy) is 1. The van der Waals surface area contributed by atoms with Gasteiger partial charge in [-0.1, -0.05) is 41.7 Å². The molecule has 0 amide bonds. The van der Waals surface area contributed by atoms with Crippen LogP contribution in [0, 0.1) is 0 Å². The summed E-state index contributed by atoms with van der Waals surface area (Å²) in [5.74, 6) is 2.20. The van der Waals surface area contributed by atoms with Crippen molar-refractivity contribution in [2.45, 2.75) is 25.8 Å². The van der Waals surface area contributed by atoms with Gasteiger partial charge in [-0.05, 0) is 30.4 Å². The first-order valence-corrected chi connectivity index (χ1v) is 11.4. The lowest BCUT2D eigenvalue weighted by atomic mass is 10.1. The van der Waals surface area contributed by atoms with Crippen molar-refractivity contribution < 1.29 is 9.72 Å². The smallest absolute Gasteiger partial charge is 0.279 e. The van der Waals surface area contributed by atoms with Gasteiger partial charge >= 0.3 is 0 Å². The van der Waals surface area contributed by atoms with Crippen LogP contribution in [0.2, 0.25) is 0 Å². The van der Waals surface area contributed by atoms with E-state index in [0.29, 0.717) is 0 Å². The molecule has 152 valence electrons. The Morgan fingerprint density at radius 3 is 2.77 bits per heavy atom. The van der Waals surface area contributed by atoms with Gasteiger partial charge in [0.1, 0.15) is 29.9 Å². The van der Waals surface area contributed by atoms with Crippen molar-refractivity contribution in [3.63, 3.8) is 0 Å². The largest absolute Gasteiger partial charge is 0.373 e. The second-order valence-corrected chi connectivity index (χ2v) is 8.95. The van der Waals surface area contributed by atoms with Gasteiger partial charge in [-0.25, -0.2) is 15.0 Å². The van der Waals surface area contributed by atoms with E-state index in [0.717, 1.165) is 61.7 Å². The van der Waals surface area contributed by atoms with E-state index >= 15 is 0 Å². The van der Waals surface area contributed by atoms with Crippen LogP contribution in [0.15, 0.2) is 36.7 Å². The van der Waals surface area contributed by atoms with Crippen molar-refractivity contribution in [1.82, 2.24) is 9.97 Å². The van der Waals surface area contributed by atoms with Crippen LogP contribution in [0.25, 0.3) is 20.4 Å². The lowest BCUT2D eigenvalue weighted by Gasteiger charge is -2.23. The molecule has 7 heteroatoms. The molecule has 0 radical (unpaired) electrons. The molecular formula is C23H24N5OS+. The fourth-order valence-corrected chi connectivity index (χ4v) is 5.85. The highest BCUT2D eigenvalue weighted by Crippen LogP contribution is 2.41. The van der Waals surface area contributed by atoms with Gasteiger partial charge in [0.25, 0.3) is 5.82 Å². The number of thiophene rings is 1. The Balaban J connectivity index is 1.46. The van der Waals surface area contributed by atoms with Gasteiger partial charge in [0.15, 0.2) is 4.83 Å². The molecule has 0 bridgehead atoms. The highest BCUT2D eigenvalue weighted by Gasteiger charge is 2.31. The molecule has 1 aliphatic heterocycles. The van der Waals surface area contributed by atoms with Crippen LogP contribution < -0.4 is 15.2 Å². The lowest BCUT2D eigenvalue weighted by Crippen LogP contribution is -2.40. The maximum atomic E-state index is 5.58. The molecule has 6 rings (SSSR count). The number of fused-ring (bicyclic) bond motifs is 5. The maximum absolute atomic E-state index is 5.58. The predicted octanol–water partition coefficient (Wildman–Crippen LogP) is 3.60. The number of H-pyrrole nitrogens is 1. The van der Waals surface area contributed by atoms with Gasteiger partial charge in [-0.15, -0.1) is 0 Å². The van der Waals surface area contributed by atoms with Crippen molar-refractivity contribution in [1.29, 1.82) is 0 Å². The Morgan fingerprint density at radius 1 is 1.07 bits per heavy atom. The molecule has 4 aromatic rings. The monoisotopic (exact) mass is 418 g/mol. The topological polar surface area (TPSA) is 64.4 Å². The normalized spacial score (nSPS) is 16.3. The number of nitrogens with one attached hydrogen (secondary N) is 2. The van der Waals surface area contributed by atoms with Crippen LogP contribution in [-0.4, -0.2) is 36.3 Å².